The van der Waals surface area contributed by atoms with Gasteiger partial charge in [-0.2, -0.15) is 0 Å². The van der Waals surface area contributed by atoms with Gasteiger partial charge in [-0.25, -0.2) is 0 Å². The highest BCUT2D eigenvalue weighted by atomic mass is 15.0. The van der Waals surface area contributed by atoms with Crippen LogP contribution in [0.5, 0.6) is 0 Å². The van der Waals surface area contributed by atoms with E-state index in [4.69, 9.17) is 0 Å². The van der Waals surface area contributed by atoms with E-state index in [2.05, 4.69) is 43.4 Å². The van der Waals surface area contributed by atoms with Gasteiger partial charge in [0.15, 0.2) is 0 Å². The van der Waals surface area contributed by atoms with Gasteiger partial charge in [0.25, 0.3) is 0 Å². The van der Waals surface area contributed by atoms with Gasteiger partial charge in [0.2, 0.25) is 0 Å². The molecule has 2 aliphatic rings. The zero-order valence-corrected chi connectivity index (χ0v) is 12.4. The Bertz CT molecular complexity index is 427. The summed E-state index contributed by atoms with van der Waals surface area (Å²) in [6.45, 7) is 5.79. The third kappa shape index (κ3) is 2.72. The number of hydrogen-bond donors (Lipinski definition) is 1. The van der Waals surface area contributed by atoms with E-state index in [0.717, 1.165) is 12.0 Å². The Balaban J connectivity index is 1.75. The van der Waals surface area contributed by atoms with Crippen molar-refractivity contribution in [2.75, 3.05) is 6.54 Å². The Morgan fingerprint density at radius 3 is 2.58 bits per heavy atom. The number of hydrogen-bond acceptors (Lipinski definition) is 1. The molecule has 0 atom stereocenters. The van der Waals surface area contributed by atoms with Crippen LogP contribution in [0, 0.1) is 12.8 Å². The van der Waals surface area contributed by atoms with E-state index in [1.54, 1.807) is 5.56 Å². The van der Waals surface area contributed by atoms with Crippen molar-refractivity contribution in [3.63, 3.8) is 0 Å². The highest BCUT2D eigenvalue weighted by molar-refractivity contribution is 5.36. The van der Waals surface area contributed by atoms with Crippen molar-refractivity contribution in [3.8, 4) is 0 Å². The minimum absolute atomic E-state index is 0.438. The van der Waals surface area contributed by atoms with E-state index in [1.807, 2.05) is 0 Å². The molecule has 1 aromatic rings. The zero-order chi connectivity index (χ0) is 13.3. The molecule has 0 heterocycles. The Morgan fingerprint density at radius 2 is 1.95 bits per heavy atom. The first-order valence-corrected chi connectivity index (χ1v) is 8.03. The van der Waals surface area contributed by atoms with E-state index in [-0.39, 0.29) is 0 Å². The van der Waals surface area contributed by atoms with Crippen LogP contribution < -0.4 is 5.32 Å². The monoisotopic (exact) mass is 257 g/mol. The molecule has 0 radical (unpaired) electrons. The molecule has 2 fully saturated rings. The highest BCUT2D eigenvalue weighted by Crippen LogP contribution is 2.50. The van der Waals surface area contributed by atoms with E-state index in [1.165, 1.54) is 50.6 Å². The second kappa shape index (κ2) is 5.28. The van der Waals surface area contributed by atoms with Gasteiger partial charge in [-0.3, -0.25) is 0 Å². The predicted octanol–water partition coefficient (Wildman–Crippen LogP) is 4.19. The molecular formula is C18H27N. The third-order valence-corrected chi connectivity index (χ3v) is 5.08. The average Bonchev–Trinajstić information content (AvgIpc) is 3.17. The van der Waals surface area contributed by atoms with Crippen molar-refractivity contribution in [2.45, 2.75) is 63.8 Å². The summed E-state index contributed by atoms with van der Waals surface area (Å²) in [5, 5.41) is 3.79. The van der Waals surface area contributed by atoms with Crippen LogP contribution in [0.1, 0.15) is 56.6 Å². The maximum Gasteiger partial charge on any atom is 0.00857 e. The summed E-state index contributed by atoms with van der Waals surface area (Å²) in [6, 6.07) is 9.86. The molecule has 1 heteroatoms. The molecule has 0 saturated heterocycles. The molecule has 0 aromatic heterocycles. The smallest absolute Gasteiger partial charge is 0.00857 e. The SMILES string of the molecule is CCCC1CC(CNC2CC2)(c2ccccc2C)C1. The minimum atomic E-state index is 0.438. The fourth-order valence-corrected chi connectivity index (χ4v) is 3.91. The molecule has 1 aromatic carbocycles. The van der Waals surface area contributed by atoms with Gasteiger partial charge in [0, 0.05) is 18.0 Å². The summed E-state index contributed by atoms with van der Waals surface area (Å²) in [6.07, 6.45) is 8.32. The molecule has 1 N–H and O–H groups in total. The number of rotatable bonds is 6. The topological polar surface area (TPSA) is 12.0 Å². The van der Waals surface area contributed by atoms with Crippen molar-refractivity contribution in [1.82, 2.24) is 5.32 Å². The van der Waals surface area contributed by atoms with E-state index >= 15 is 0 Å². The molecule has 0 amide bonds. The molecule has 0 bridgehead atoms. The quantitative estimate of drug-likeness (QED) is 0.805. The summed E-state index contributed by atoms with van der Waals surface area (Å²) >= 11 is 0. The molecule has 1 nitrogen and oxygen atoms in total. The van der Waals surface area contributed by atoms with E-state index < -0.39 is 0 Å². The zero-order valence-electron chi connectivity index (χ0n) is 12.4. The highest BCUT2D eigenvalue weighted by Gasteiger charge is 2.45. The van der Waals surface area contributed by atoms with Gasteiger partial charge in [-0.1, -0.05) is 44.0 Å². The van der Waals surface area contributed by atoms with Gasteiger partial charge in [-0.15, -0.1) is 0 Å². The predicted molar refractivity (Wildman–Crippen MR) is 81.5 cm³/mol. The van der Waals surface area contributed by atoms with E-state index in [9.17, 15) is 0 Å². The summed E-state index contributed by atoms with van der Waals surface area (Å²) < 4.78 is 0. The normalized spacial score (nSPS) is 30.1. The van der Waals surface area contributed by atoms with Gasteiger partial charge < -0.3 is 5.32 Å². The lowest BCUT2D eigenvalue weighted by molar-refractivity contribution is 0.127. The summed E-state index contributed by atoms with van der Waals surface area (Å²) in [5.74, 6) is 0.964. The number of aryl methyl sites for hydroxylation is 1. The Morgan fingerprint density at radius 1 is 1.21 bits per heavy atom. The van der Waals surface area contributed by atoms with Gasteiger partial charge in [-0.05, 0) is 49.7 Å². The summed E-state index contributed by atoms with van der Waals surface area (Å²) in [7, 11) is 0. The minimum Gasteiger partial charge on any atom is -0.313 e. The van der Waals surface area contributed by atoms with Crippen LogP contribution in [-0.2, 0) is 5.41 Å². The lowest BCUT2D eigenvalue weighted by Crippen LogP contribution is -2.49. The van der Waals surface area contributed by atoms with Gasteiger partial charge >= 0.3 is 0 Å². The second-order valence-electron chi connectivity index (χ2n) is 6.81. The maximum absolute atomic E-state index is 3.79. The van der Waals surface area contributed by atoms with Crippen LogP contribution in [0.3, 0.4) is 0 Å². The molecular weight excluding hydrogens is 230 g/mol. The van der Waals surface area contributed by atoms with Crippen molar-refractivity contribution in [2.24, 2.45) is 5.92 Å². The summed E-state index contributed by atoms with van der Waals surface area (Å²) in [5.41, 5.74) is 3.53. The van der Waals surface area contributed by atoms with Crippen molar-refractivity contribution in [1.29, 1.82) is 0 Å². The first kappa shape index (κ1) is 13.2. The summed E-state index contributed by atoms with van der Waals surface area (Å²) in [4.78, 5) is 0. The second-order valence-corrected chi connectivity index (χ2v) is 6.81. The maximum atomic E-state index is 3.79. The van der Waals surface area contributed by atoms with Gasteiger partial charge in [0.1, 0.15) is 0 Å². The van der Waals surface area contributed by atoms with Gasteiger partial charge in [0.05, 0.1) is 0 Å². The first-order chi connectivity index (χ1) is 9.23. The van der Waals surface area contributed by atoms with Crippen LogP contribution in [0.2, 0.25) is 0 Å². The van der Waals surface area contributed by atoms with Crippen molar-refractivity contribution >= 4 is 0 Å². The van der Waals surface area contributed by atoms with Crippen LogP contribution >= 0.6 is 0 Å². The van der Waals surface area contributed by atoms with Crippen molar-refractivity contribution < 1.29 is 0 Å². The fourth-order valence-electron chi connectivity index (χ4n) is 3.91. The lowest BCUT2D eigenvalue weighted by Gasteiger charge is -2.49. The van der Waals surface area contributed by atoms with Crippen LogP contribution in [0.25, 0.3) is 0 Å². The first-order valence-electron chi connectivity index (χ1n) is 8.03. The largest absolute Gasteiger partial charge is 0.313 e. The molecule has 0 unspecified atom stereocenters. The van der Waals surface area contributed by atoms with Crippen LogP contribution in [-0.4, -0.2) is 12.6 Å². The molecule has 104 valence electrons. The number of nitrogens with one attached hydrogen (secondary N) is 1. The van der Waals surface area contributed by atoms with Crippen LogP contribution in [0.4, 0.5) is 0 Å². The molecule has 2 aliphatic carbocycles. The molecule has 19 heavy (non-hydrogen) atoms. The Labute approximate surface area is 117 Å². The average molecular weight is 257 g/mol. The Kier molecular flexibility index (Phi) is 3.66. The third-order valence-electron chi connectivity index (χ3n) is 5.08. The van der Waals surface area contributed by atoms with Crippen LogP contribution in [0.15, 0.2) is 24.3 Å². The fraction of sp³-hybridized carbons (Fsp3) is 0.667. The molecule has 3 rings (SSSR count). The number of benzene rings is 1. The molecule has 2 saturated carbocycles. The molecule has 0 aliphatic heterocycles. The Hall–Kier alpha value is -0.820. The molecule has 0 spiro atoms. The van der Waals surface area contributed by atoms with Crippen molar-refractivity contribution in [3.05, 3.63) is 35.4 Å². The van der Waals surface area contributed by atoms with E-state index in [0.29, 0.717) is 5.41 Å². The lowest BCUT2D eigenvalue weighted by atomic mass is 9.57. The standard InChI is InChI=1S/C18H27N/c1-3-6-15-11-18(12-15,13-19-16-9-10-16)17-8-5-4-7-14(17)2/h4-5,7-8,15-16,19H,3,6,9-13H2,1-2H3.